The molecule has 1 atom stereocenters. The van der Waals surface area contributed by atoms with Crippen molar-refractivity contribution in [3.05, 3.63) is 29.3 Å². The van der Waals surface area contributed by atoms with E-state index in [2.05, 4.69) is 0 Å². The van der Waals surface area contributed by atoms with Crippen LogP contribution in [0, 0.1) is 0 Å². The Hall–Kier alpha value is -1.55. The van der Waals surface area contributed by atoms with E-state index in [0.717, 1.165) is 5.56 Å². The maximum absolute atomic E-state index is 10.7. The Morgan fingerprint density at radius 3 is 2.64 bits per heavy atom. The molecule has 1 aromatic carbocycles. The van der Waals surface area contributed by atoms with Crippen LogP contribution in [0.4, 0.5) is 5.69 Å². The zero-order chi connectivity index (χ0) is 10.7. The van der Waals surface area contributed by atoms with Crippen molar-refractivity contribution in [3.8, 4) is 0 Å². The Kier molecular flexibility index (Phi) is 3.09. The van der Waals surface area contributed by atoms with Gasteiger partial charge in [-0.05, 0) is 31.0 Å². The molecule has 0 amide bonds. The minimum atomic E-state index is -1.00. The van der Waals surface area contributed by atoms with Crippen LogP contribution in [0.1, 0.15) is 22.8 Å². The highest BCUT2D eigenvalue weighted by molar-refractivity contribution is 5.93. The number of nitrogen functional groups attached to an aromatic ring is 1. The summed E-state index contributed by atoms with van der Waals surface area (Å²) in [4.78, 5) is 10.7. The molecule has 5 N–H and O–H groups in total. The SMILES string of the molecule is C[C@H](N)Cc1ccc(C(=O)O)c(N)c1. The second kappa shape index (κ2) is 4.11. The van der Waals surface area contributed by atoms with Crippen LogP contribution in [0.2, 0.25) is 0 Å². The summed E-state index contributed by atoms with van der Waals surface area (Å²) in [6, 6.07) is 4.95. The topological polar surface area (TPSA) is 89.3 Å². The van der Waals surface area contributed by atoms with Crippen molar-refractivity contribution in [1.29, 1.82) is 0 Å². The Labute approximate surface area is 82.5 Å². The number of rotatable bonds is 3. The molecular weight excluding hydrogens is 180 g/mol. The van der Waals surface area contributed by atoms with Gasteiger partial charge in [-0.2, -0.15) is 0 Å². The van der Waals surface area contributed by atoms with Crippen molar-refractivity contribution >= 4 is 11.7 Å². The third-order valence-corrected chi connectivity index (χ3v) is 1.90. The third-order valence-electron chi connectivity index (χ3n) is 1.90. The van der Waals surface area contributed by atoms with E-state index in [1.807, 2.05) is 6.92 Å². The van der Waals surface area contributed by atoms with Gasteiger partial charge in [-0.25, -0.2) is 4.79 Å². The van der Waals surface area contributed by atoms with Gasteiger partial charge in [0.25, 0.3) is 0 Å². The highest BCUT2D eigenvalue weighted by atomic mass is 16.4. The molecule has 0 aliphatic heterocycles. The van der Waals surface area contributed by atoms with Crippen LogP contribution in [0.5, 0.6) is 0 Å². The van der Waals surface area contributed by atoms with Crippen molar-refractivity contribution in [2.24, 2.45) is 5.73 Å². The van der Waals surface area contributed by atoms with Crippen LogP contribution in [0.3, 0.4) is 0 Å². The predicted molar refractivity (Wildman–Crippen MR) is 55.2 cm³/mol. The quantitative estimate of drug-likeness (QED) is 0.622. The smallest absolute Gasteiger partial charge is 0.337 e. The maximum atomic E-state index is 10.7. The van der Waals surface area contributed by atoms with Gasteiger partial charge in [-0.15, -0.1) is 0 Å². The molecule has 0 aliphatic carbocycles. The Morgan fingerprint density at radius 2 is 2.21 bits per heavy atom. The van der Waals surface area contributed by atoms with Crippen LogP contribution in [-0.2, 0) is 6.42 Å². The minimum Gasteiger partial charge on any atom is -0.478 e. The van der Waals surface area contributed by atoms with Crippen LogP contribution in [0.25, 0.3) is 0 Å². The number of hydrogen-bond acceptors (Lipinski definition) is 3. The lowest BCUT2D eigenvalue weighted by Crippen LogP contribution is -2.18. The zero-order valence-electron chi connectivity index (χ0n) is 8.03. The second-order valence-electron chi connectivity index (χ2n) is 3.41. The number of hydrogen-bond donors (Lipinski definition) is 3. The van der Waals surface area contributed by atoms with Crippen LogP contribution in [-0.4, -0.2) is 17.1 Å². The molecule has 4 heteroatoms. The Morgan fingerprint density at radius 1 is 1.57 bits per heavy atom. The summed E-state index contributed by atoms with van der Waals surface area (Å²) in [6.07, 6.45) is 0.699. The minimum absolute atomic E-state index is 0.0464. The zero-order valence-corrected chi connectivity index (χ0v) is 8.03. The van der Waals surface area contributed by atoms with E-state index in [1.54, 1.807) is 12.1 Å². The fraction of sp³-hybridized carbons (Fsp3) is 0.300. The molecule has 0 unspecified atom stereocenters. The van der Waals surface area contributed by atoms with E-state index >= 15 is 0 Å². The van der Waals surface area contributed by atoms with Crippen LogP contribution in [0.15, 0.2) is 18.2 Å². The van der Waals surface area contributed by atoms with Gasteiger partial charge in [0.15, 0.2) is 0 Å². The lowest BCUT2D eigenvalue weighted by atomic mass is 10.0. The largest absolute Gasteiger partial charge is 0.478 e. The van der Waals surface area contributed by atoms with Gasteiger partial charge in [0.05, 0.1) is 5.56 Å². The molecular formula is C10H14N2O2. The predicted octanol–water partition coefficient (Wildman–Crippen LogP) is 0.857. The first-order chi connectivity index (χ1) is 6.50. The summed E-state index contributed by atoms with van der Waals surface area (Å²) in [7, 11) is 0. The number of aromatic carboxylic acids is 1. The Bertz CT molecular complexity index is 348. The average molecular weight is 194 g/mol. The maximum Gasteiger partial charge on any atom is 0.337 e. The highest BCUT2D eigenvalue weighted by Gasteiger charge is 2.08. The van der Waals surface area contributed by atoms with E-state index in [9.17, 15) is 4.79 Å². The molecule has 76 valence electrons. The first-order valence-electron chi connectivity index (χ1n) is 4.38. The number of carboxylic acids is 1. The first-order valence-corrected chi connectivity index (χ1v) is 4.38. The number of carbonyl (C=O) groups is 1. The summed E-state index contributed by atoms with van der Waals surface area (Å²) >= 11 is 0. The van der Waals surface area contributed by atoms with E-state index in [4.69, 9.17) is 16.6 Å². The van der Waals surface area contributed by atoms with Gasteiger partial charge in [0.2, 0.25) is 0 Å². The van der Waals surface area contributed by atoms with Crippen LogP contribution < -0.4 is 11.5 Å². The number of benzene rings is 1. The lowest BCUT2D eigenvalue weighted by molar-refractivity contribution is 0.0698. The Balaban J connectivity index is 2.94. The van der Waals surface area contributed by atoms with E-state index < -0.39 is 5.97 Å². The number of anilines is 1. The second-order valence-corrected chi connectivity index (χ2v) is 3.41. The highest BCUT2D eigenvalue weighted by Crippen LogP contribution is 2.15. The monoisotopic (exact) mass is 194 g/mol. The van der Waals surface area contributed by atoms with E-state index in [-0.39, 0.29) is 17.3 Å². The van der Waals surface area contributed by atoms with Gasteiger partial charge in [-0.1, -0.05) is 6.07 Å². The number of nitrogens with two attached hydrogens (primary N) is 2. The van der Waals surface area contributed by atoms with Gasteiger partial charge < -0.3 is 16.6 Å². The van der Waals surface area contributed by atoms with Crippen molar-refractivity contribution in [2.75, 3.05) is 5.73 Å². The molecule has 14 heavy (non-hydrogen) atoms. The molecule has 0 heterocycles. The van der Waals surface area contributed by atoms with Crippen molar-refractivity contribution in [2.45, 2.75) is 19.4 Å². The van der Waals surface area contributed by atoms with Crippen molar-refractivity contribution < 1.29 is 9.90 Å². The summed E-state index contributed by atoms with van der Waals surface area (Å²) in [5, 5.41) is 8.73. The van der Waals surface area contributed by atoms with Gasteiger partial charge in [0, 0.05) is 11.7 Å². The summed E-state index contributed by atoms with van der Waals surface area (Å²) in [6.45, 7) is 1.89. The molecule has 0 bridgehead atoms. The fourth-order valence-electron chi connectivity index (χ4n) is 1.31. The van der Waals surface area contributed by atoms with Crippen molar-refractivity contribution in [1.82, 2.24) is 0 Å². The van der Waals surface area contributed by atoms with E-state index in [1.165, 1.54) is 6.07 Å². The van der Waals surface area contributed by atoms with Crippen molar-refractivity contribution in [3.63, 3.8) is 0 Å². The molecule has 0 saturated heterocycles. The molecule has 1 rings (SSSR count). The molecule has 1 aromatic rings. The van der Waals surface area contributed by atoms with Gasteiger partial charge in [-0.3, -0.25) is 0 Å². The normalized spacial score (nSPS) is 12.4. The summed E-state index contributed by atoms with van der Waals surface area (Å²) < 4.78 is 0. The standard InChI is InChI=1S/C10H14N2O2/c1-6(11)4-7-2-3-8(10(13)14)9(12)5-7/h2-3,5-6H,4,11-12H2,1H3,(H,13,14)/t6-/m0/s1. The van der Waals surface area contributed by atoms with Crippen LogP contribution >= 0.6 is 0 Å². The fourth-order valence-corrected chi connectivity index (χ4v) is 1.31. The molecule has 0 aromatic heterocycles. The van der Waals surface area contributed by atoms with E-state index in [0.29, 0.717) is 6.42 Å². The van der Waals surface area contributed by atoms with Gasteiger partial charge >= 0.3 is 5.97 Å². The lowest BCUT2D eigenvalue weighted by Gasteiger charge is -2.07. The molecule has 0 radical (unpaired) electrons. The third kappa shape index (κ3) is 2.47. The molecule has 0 aliphatic rings. The molecule has 0 spiro atoms. The first kappa shape index (κ1) is 10.5. The molecule has 0 fully saturated rings. The number of carboxylic acid groups (broad SMARTS) is 1. The van der Waals surface area contributed by atoms with Gasteiger partial charge in [0.1, 0.15) is 0 Å². The average Bonchev–Trinajstić information content (AvgIpc) is 2.01. The summed E-state index contributed by atoms with van der Waals surface area (Å²) in [5.41, 5.74) is 12.6. The molecule has 4 nitrogen and oxygen atoms in total. The molecule has 0 saturated carbocycles. The summed E-state index contributed by atoms with van der Waals surface area (Å²) in [5.74, 6) is -1.00.